The van der Waals surface area contributed by atoms with Crippen molar-refractivity contribution < 1.29 is 53.1 Å². The van der Waals surface area contributed by atoms with E-state index in [-0.39, 0.29) is 32.3 Å². The van der Waals surface area contributed by atoms with Crippen LogP contribution in [0.15, 0.2) is 36.4 Å². The van der Waals surface area contributed by atoms with E-state index in [1.165, 1.54) is 0 Å². The summed E-state index contributed by atoms with van der Waals surface area (Å²) < 4.78 is 167. The van der Waals surface area contributed by atoms with Gasteiger partial charge in [-0.25, -0.2) is 0 Å². The van der Waals surface area contributed by atoms with E-state index in [1.807, 2.05) is 0 Å². The molecule has 6 nitrogen and oxygen atoms in total. The van der Waals surface area contributed by atoms with Gasteiger partial charge in [-0.05, 0) is 68.7 Å². The Hall–Kier alpha value is -3.54. The predicted molar refractivity (Wildman–Crippen MR) is 118 cm³/mol. The molecule has 156 valence electrons. The number of hydrogen-bond donors (Lipinski definition) is 0. The summed E-state index contributed by atoms with van der Waals surface area (Å²) in [6.45, 7) is 0. The van der Waals surface area contributed by atoms with Crippen molar-refractivity contribution >= 4 is 32.3 Å². The van der Waals surface area contributed by atoms with Crippen LogP contribution in [0, 0.1) is 0 Å². The monoisotopic (exact) mass is 426 g/mol. The van der Waals surface area contributed by atoms with Crippen LogP contribution in [0.3, 0.4) is 0 Å². The smallest absolute Gasteiger partial charge is 0.161 e. The molecule has 0 bridgehead atoms. The molecule has 0 fully saturated rings. The van der Waals surface area contributed by atoms with Crippen LogP contribution in [0.5, 0.6) is 34.5 Å². The molecule has 0 aromatic heterocycles. The third kappa shape index (κ3) is 2.87. The van der Waals surface area contributed by atoms with E-state index in [0.29, 0.717) is 0 Å². The maximum absolute atomic E-state index is 7.58. The summed E-state index contributed by atoms with van der Waals surface area (Å²) in [5, 5.41) is -0.0289. The standard InChI is InChI=1S/C24H24O6/c1-25-19-7-13-14(8-20(19)26-2)16-10-22(28-4)24(30-6)12-18(16)17-11-23(29-5)21(27-3)9-15(13)17/h7-12H,1-6H3/i1D3,2D3,3D3,4D3,5D3,6D3. The largest absolute Gasteiger partial charge is 0.493 e. The van der Waals surface area contributed by atoms with Crippen molar-refractivity contribution in [1.82, 2.24) is 0 Å². The molecule has 6 heteroatoms. The van der Waals surface area contributed by atoms with Crippen molar-refractivity contribution in [2.24, 2.45) is 0 Å². The van der Waals surface area contributed by atoms with Crippen LogP contribution in [-0.4, -0.2) is 42.2 Å². The quantitative estimate of drug-likeness (QED) is 0.395. The number of benzene rings is 4. The van der Waals surface area contributed by atoms with Crippen molar-refractivity contribution in [3.8, 4) is 34.5 Å². The van der Waals surface area contributed by atoms with Crippen molar-refractivity contribution in [2.45, 2.75) is 0 Å². The fraction of sp³-hybridized carbons (Fsp3) is 0.250. The molecule has 0 amide bonds. The Balaban J connectivity index is 2.29. The normalized spacial score (nSPS) is 22.4. The van der Waals surface area contributed by atoms with Crippen LogP contribution in [0.25, 0.3) is 32.3 Å². The number of ether oxygens (including phenoxy) is 6. The Bertz CT molecular complexity index is 1470. The molecule has 0 N–H and O–H groups in total. The molecular weight excluding hydrogens is 384 g/mol. The zero-order valence-corrected chi connectivity index (χ0v) is 14.9. The van der Waals surface area contributed by atoms with Crippen LogP contribution < -0.4 is 28.4 Å². The second-order valence-electron chi connectivity index (χ2n) is 6.15. The highest BCUT2D eigenvalue weighted by Crippen LogP contribution is 2.46. The molecule has 0 atom stereocenters. The van der Waals surface area contributed by atoms with E-state index >= 15 is 0 Å². The van der Waals surface area contributed by atoms with Crippen molar-refractivity contribution in [2.75, 3.05) is 42.2 Å². The fourth-order valence-corrected chi connectivity index (χ4v) is 3.50. The van der Waals surface area contributed by atoms with Gasteiger partial charge in [0.05, 0.1) is 66.9 Å². The lowest BCUT2D eigenvalue weighted by Crippen LogP contribution is -1.95. The Morgan fingerprint density at radius 2 is 0.533 bits per heavy atom. The highest BCUT2D eigenvalue weighted by molar-refractivity contribution is 6.26. The zero-order valence-electron chi connectivity index (χ0n) is 32.9. The van der Waals surface area contributed by atoms with Gasteiger partial charge in [-0.15, -0.1) is 0 Å². The lowest BCUT2D eigenvalue weighted by molar-refractivity contribution is 0.355. The van der Waals surface area contributed by atoms with Crippen molar-refractivity contribution in [3.63, 3.8) is 0 Å². The first-order valence-corrected chi connectivity index (χ1v) is 8.16. The molecule has 0 unspecified atom stereocenters. The minimum absolute atomic E-state index is 0.00482. The summed E-state index contributed by atoms with van der Waals surface area (Å²) in [5.74, 6) is -3.66. The number of fused-ring (bicyclic) bond motifs is 6. The summed E-state index contributed by atoms with van der Waals surface area (Å²) in [6, 6.07) is 6.28. The van der Waals surface area contributed by atoms with E-state index in [0.717, 1.165) is 36.4 Å². The van der Waals surface area contributed by atoms with Gasteiger partial charge in [0.25, 0.3) is 0 Å². The SMILES string of the molecule is [2H]C([2H])([2H])Oc1cc2c3cc(OC([2H])([2H])[2H])c(OC([2H])([2H])[2H])cc3c3cc(OC([2H])([2H])[2H])c(OC([2H])([2H])[2H])cc3c2cc1OC([2H])([2H])[2H]. The topological polar surface area (TPSA) is 55.4 Å². The molecule has 4 rings (SSSR count). The first kappa shape index (κ1) is 7.61. The number of methoxy groups -OCH3 is 6. The van der Waals surface area contributed by atoms with Crippen LogP contribution in [-0.2, 0) is 0 Å². The minimum atomic E-state index is -3.13. The Labute approximate surface area is 200 Å². The van der Waals surface area contributed by atoms with E-state index in [2.05, 4.69) is 0 Å². The summed E-state index contributed by atoms with van der Waals surface area (Å²) >= 11 is 0. The average molecular weight is 427 g/mol. The molecule has 30 heavy (non-hydrogen) atoms. The molecule has 0 radical (unpaired) electrons. The van der Waals surface area contributed by atoms with Gasteiger partial charge in [0.1, 0.15) is 0 Å². The van der Waals surface area contributed by atoms with Gasteiger partial charge in [-0.3, -0.25) is 0 Å². The molecule has 0 spiro atoms. The second-order valence-corrected chi connectivity index (χ2v) is 6.15. The summed E-state index contributed by atoms with van der Waals surface area (Å²) in [5.41, 5.74) is 0. The summed E-state index contributed by atoms with van der Waals surface area (Å²) in [4.78, 5) is 0. The maximum Gasteiger partial charge on any atom is 0.161 e. The van der Waals surface area contributed by atoms with E-state index in [9.17, 15) is 0 Å². The van der Waals surface area contributed by atoms with Gasteiger partial charge in [-0.1, -0.05) is 0 Å². The van der Waals surface area contributed by atoms with Crippen LogP contribution in [0.2, 0.25) is 0 Å². The summed E-state index contributed by atoms with van der Waals surface area (Å²) in [7, 11) is -18.8. The molecular formula is C24H24O6. The Morgan fingerprint density at radius 1 is 0.367 bits per heavy atom. The molecule has 0 aliphatic heterocycles. The van der Waals surface area contributed by atoms with Crippen LogP contribution >= 0.6 is 0 Å². The number of rotatable bonds is 6. The molecule has 0 aliphatic rings. The third-order valence-corrected chi connectivity index (χ3v) is 4.78. The fourth-order valence-electron chi connectivity index (χ4n) is 3.50. The first-order valence-electron chi connectivity index (χ1n) is 17.2. The van der Waals surface area contributed by atoms with Crippen molar-refractivity contribution in [1.29, 1.82) is 0 Å². The van der Waals surface area contributed by atoms with E-state index < -0.39 is 76.7 Å². The predicted octanol–water partition coefficient (Wildman–Crippen LogP) is 5.20. The highest BCUT2D eigenvalue weighted by Gasteiger charge is 2.18. The third-order valence-electron chi connectivity index (χ3n) is 4.78. The van der Waals surface area contributed by atoms with Crippen LogP contribution in [0.4, 0.5) is 0 Å². The first-order chi connectivity index (χ1) is 21.5. The van der Waals surface area contributed by atoms with Crippen molar-refractivity contribution in [3.05, 3.63) is 36.4 Å². The molecule has 0 heterocycles. The number of hydrogen-bond acceptors (Lipinski definition) is 6. The van der Waals surface area contributed by atoms with Gasteiger partial charge in [0, 0.05) is 0 Å². The lowest BCUT2D eigenvalue weighted by Gasteiger charge is -2.18. The summed E-state index contributed by atoms with van der Waals surface area (Å²) in [6.07, 6.45) is 0. The van der Waals surface area contributed by atoms with Gasteiger partial charge >= 0.3 is 0 Å². The van der Waals surface area contributed by atoms with E-state index in [1.54, 1.807) is 0 Å². The van der Waals surface area contributed by atoms with Gasteiger partial charge in [0.15, 0.2) is 34.5 Å². The van der Waals surface area contributed by atoms with Gasteiger partial charge in [0.2, 0.25) is 0 Å². The highest BCUT2D eigenvalue weighted by atomic mass is 16.5. The molecule has 0 aliphatic carbocycles. The Kier molecular flexibility index (Phi) is 1.96. The lowest BCUT2D eigenvalue weighted by atomic mass is 9.93. The maximum atomic E-state index is 7.58. The molecule has 4 aromatic rings. The van der Waals surface area contributed by atoms with Gasteiger partial charge < -0.3 is 28.4 Å². The molecule has 0 saturated carbocycles. The molecule has 0 saturated heterocycles. The van der Waals surface area contributed by atoms with Gasteiger partial charge in [-0.2, -0.15) is 0 Å². The average Bonchev–Trinajstić information content (AvgIpc) is 2.81. The zero-order chi connectivity index (χ0) is 36.4. The second kappa shape index (κ2) is 7.71. The minimum Gasteiger partial charge on any atom is -0.493 e. The van der Waals surface area contributed by atoms with E-state index in [4.69, 9.17) is 53.1 Å². The Morgan fingerprint density at radius 3 is 0.667 bits per heavy atom. The molecule has 4 aromatic carbocycles. The van der Waals surface area contributed by atoms with Crippen LogP contribution in [0.1, 0.15) is 24.7 Å².